The SMILES string of the molecule is CC(C)(C)C.CC(C)(C)C.CC(C)(C)C.CC(C)(C)C.CC(C)(C)C.CC(C)(C)C.c1c[nH]cn1.c1ccc2c(c1)OCO2.c1ccc2sccc2c1.c1ccncc1.c1ccoc1.c1ccsc1. The third kappa shape index (κ3) is 94.0. The average molecular weight is 989 g/mol. The highest BCUT2D eigenvalue weighted by Crippen LogP contribution is 2.30. The predicted molar refractivity (Wildman–Crippen MR) is 311 cm³/mol. The fraction of sp³-hybridized carbons (Fsp3) is 0.508. The highest BCUT2D eigenvalue weighted by molar-refractivity contribution is 7.17. The number of hydrogen-bond acceptors (Lipinski definition) is 7. The first-order valence-corrected chi connectivity index (χ1v) is 25.7. The zero-order chi connectivity index (χ0) is 54.1. The standard InChI is InChI=1S/C8H6S.C7H6O2.C5H5N.6C5H12.C4H4O.C4H4S.C3H4N2/c1-2-4-8-7(3-1)5-6-9-8;1-2-4-7-6(3-1)8-5-9-7;1-2-4-6-5-3-1;6*1-5(2,3)4;2*1-2-4-5-3-1;1-2-5-3-4-1/h1-6H;1-4H,5H2;1-5H;6*1-4H3;2*1-4H;1-3H,(H,4,5). The first-order valence-electron chi connectivity index (χ1n) is 23.9. The molecule has 2 aromatic carbocycles. The number of hydrogen-bond donors (Lipinski definition) is 1. The number of rotatable bonds is 0. The van der Waals surface area contributed by atoms with E-state index in [2.05, 4.69) is 221 Å². The van der Waals surface area contributed by atoms with Gasteiger partial charge in [0.15, 0.2) is 11.5 Å². The van der Waals surface area contributed by atoms with Crippen LogP contribution in [0.5, 0.6) is 11.5 Å². The molecule has 8 heteroatoms. The minimum atomic E-state index is 0.360. The molecule has 69 heavy (non-hydrogen) atoms. The number of thiophene rings is 2. The van der Waals surface area contributed by atoms with Crippen molar-refractivity contribution in [2.45, 2.75) is 166 Å². The number of para-hydroxylation sites is 2. The molecule has 6 heterocycles. The number of furan rings is 1. The fourth-order valence-electron chi connectivity index (χ4n) is 2.73. The summed E-state index contributed by atoms with van der Waals surface area (Å²) in [5.74, 6) is 1.69. The summed E-state index contributed by atoms with van der Waals surface area (Å²) in [5.41, 5.74) is 3.00. The molecule has 390 valence electrons. The van der Waals surface area contributed by atoms with Crippen molar-refractivity contribution in [1.29, 1.82) is 0 Å². The van der Waals surface area contributed by atoms with E-state index in [1.807, 2.05) is 77.5 Å². The number of nitrogens with zero attached hydrogens (tertiary/aromatic N) is 2. The summed E-state index contributed by atoms with van der Waals surface area (Å²) in [5, 5.41) is 7.55. The molecule has 0 aliphatic carbocycles. The van der Waals surface area contributed by atoms with Crippen LogP contribution in [0.4, 0.5) is 0 Å². The van der Waals surface area contributed by atoms with Gasteiger partial charge in [-0.1, -0.05) is 215 Å². The Balaban J connectivity index is -0.000000337. The second-order valence-electron chi connectivity index (χ2n) is 25.2. The molecule has 7 aromatic rings. The van der Waals surface area contributed by atoms with E-state index < -0.39 is 0 Å². The normalized spacial score (nSPS) is 10.8. The van der Waals surface area contributed by atoms with Gasteiger partial charge in [0.2, 0.25) is 6.79 Å². The largest absolute Gasteiger partial charge is 0.473 e. The second-order valence-corrected chi connectivity index (χ2v) is 26.9. The van der Waals surface area contributed by atoms with Crippen LogP contribution in [0, 0.1) is 32.5 Å². The Kier molecular flexibility index (Phi) is 41.2. The number of aromatic nitrogens is 3. The van der Waals surface area contributed by atoms with E-state index in [9.17, 15) is 0 Å². The third-order valence-electron chi connectivity index (χ3n) is 4.46. The maximum Gasteiger partial charge on any atom is 0.231 e. The summed E-state index contributed by atoms with van der Waals surface area (Å²) in [4.78, 5) is 10.2. The Hall–Kier alpha value is -4.66. The minimum absolute atomic E-state index is 0.360. The van der Waals surface area contributed by atoms with E-state index in [0.717, 1.165) is 11.5 Å². The molecule has 0 radical (unpaired) electrons. The van der Waals surface area contributed by atoms with Crippen molar-refractivity contribution >= 4 is 32.8 Å². The first kappa shape index (κ1) is 70.9. The van der Waals surface area contributed by atoms with Gasteiger partial charge in [-0.3, -0.25) is 4.98 Å². The molecule has 6 nitrogen and oxygen atoms in total. The molecule has 1 aliphatic rings. The van der Waals surface area contributed by atoms with E-state index >= 15 is 0 Å². The number of imidazole rings is 1. The lowest BCUT2D eigenvalue weighted by atomic mass is 10.0. The first-order chi connectivity index (χ1) is 31.4. The van der Waals surface area contributed by atoms with Crippen molar-refractivity contribution in [3.8, 4) is 11.5 Å². The lowest BCUT2D eigenvalue weighted by molar-refractivity contribution is 0.174. The molecule has 0 spiro atoms. The smallest absolute Gasteiger partial charge is 0.231 e. The van der Waals surface area contributed by atoms with Crippen molar-refractivity contribution in [2.24, 2.45) is 32.5 Å². The van der Waals surface area contributed by atoms with E-state index in [1.54, 1.807) is 66.3 Å². The monoisotopic (exact) mass is 988 g/mol. The summed E-state index contributed by atoms with van der Waals surface area (Å²) in [6, 6.07) is 31.6. The molecule has 8 rings (SSSR count). The quantitative estimate of drug-likeness (QED) is 0.164. The van der Waals surface area contributed by atoms with Crippen molar-refractivity contribution in [3.63, 3.8) is 0 Å². The number of nitrogens with one attached hydrogen (secondary N) is 1. The summed E-state index contributed by atoms with van der Waals surface area (Å²) < 4.78 is 16.1. The number of pyridine rings is 1. The van der Waals surface area contributed by atoms with E-state index in [4.69, 9.17) is 9.47 Å². The molecular formula is C61H101N3O3S2. The van der Waals surface area contributed by atoms with Gasteiger partial charge in [0, 0.05) is 29.5 Å². The molecule has 1 aliphatic heterocycles. The molecule has 0 fully saturated rings. The lowest BCUT2D eigenvalue weighted by Crippen LogP contribution is -1.93. The van der Waals surface area contributed by atoms with Gasteiger partial charge in [-0.2, -0.15) is 11.3 Å². The minimum Gasteiger partial charge on any atom is -0.473 e. The van der Waals surface area contributed by atoms with Crippen LogP contribution >= 0.6 is 22.7 Å². The Labute approximate surface area is 433 Å². The molecule has 0 amide bonds. The zero-order valence-corrected chi connectivity index (χ0v) is 49.8. The molecule has 0 unspecified atom stereocenters. The topological polar surface area (TPSA) is 73.2 Å². The summed E-state index contributed by atoms with van der Waals surface area (Å²) in [7, 11) is 0. The molecule has 0 bridgehead atoms. The third-order valence-corrected chi connectivity index (χ3v) is 5.99. The molecular weight excluding hydrogens is 887 g/mol. The fourth-order valence-corrected chi connectivity index (χ4v) is 3.98. The van der Waals surface area contributed by atoms with Crippen LogP contribution in [-0.4, -0.2) is 21.7 Å². The summed E-state index contributed by atoms with van der Waals surface area (Å²) in [6.45, 7) is 52.9. The van der Waals surface area contributed by atoms with E-state index in [1.165, 1.54) is 10.1 Å². The van der Waals surface area contributed by atoms with Crippen LogP contribution in [0.25, 0.3) is 10.1 Å². The Morgan fingerprint density at radius 3 is 1.04 bits per heavy atom. The molecule has 5 aromatic heterocycles. The van der Waals surface area contributed by atoms with E-state index in [-0.39, 0.29) is 0 Å². The maximum atomic E-state index is 5.08. The van der Waals surface area contributed by atoms with Gasteiger partial charge in [-0.05, 0) is 103 Å². The van der Waals surface area contributed by atoms with Gasteiger partial charge < -0.3 is 18.9 Å². The van der Waals surface area contributed by atoms with E-state index in [0.29, 0.717) is 39.3 Å². The number of benzene rings is 2. The highest BCUT2D eigenvalue weighted by Gasteiger charge is 2.09. The number of fused-ring (bicyclic) bond motifs is 2. The lowest BCUT2D eigenvalue weighted by Gasteiger charge is -2.05. The zero-order valence-electron chi connectivity index (χ0n) is 48.2. The predicted octanol–water partition coefficient (Wildman–Crippen LogP) is 21.2. The Morgan fingerprint density at radius 1 is 0.406 bits per heavy atom. The molecule has 1 N–H and O–H groups in total. The average Bonchev–Trinajstić information content (AvgIpc) is 4.05. The molecule has 0 atom stereocenters. The van der Waals surface area contributed by atoms with Gasteiger partial charge in [-0.25, -0.2) is 4.98 Å². The number of aromatic amines is 1. The molecule has 0 saturated heterocycles. The summed E-state index contributed by atoms with van der Waals surface area (Å²) in [6.07, 6.45) is 11.8. The van der Waals surface area contributed by atoms with Crippen LogP contribution in [0.3, 0.4) is 0 Å². The second kappa shape index (κ2) is 40.1. The van der Waals surface area contributed by atoms with Crippen molar-refractivity contribution in [2.75, 3.05) is 6.79 Å². The van der Waals surface area contributed by atoms with Crippen molar-refractivity contribution in [1.82, 2.24) is 15.0 Å². The number of ether oxygens (including phenoxy) is 2. The number of H-pyrrole nitrogens is 1. The highest BCUT2D eigenvalue weighted by atomic mass is 32.1. The summed E-state index contributed by atoms with van der Waals surface area (Å²) >= 11 is 3.50. The van der Waals surface area contributed by atoms with Crippen LogP contribution in [-0.2, 0) is 0 Å². The molecule has 0 saturated carbocycles. The Morgan fingerprint density at radius 2 is 0.797 bits per heavy atom. The van der Waals surface area contributed by atoms with Crippen LogP contribution < -0.4 is 9.47 Å². The van der Waals surface area contributed by atoms with Gasteiger partial charge in [-0.15, -0.1) is 11.3 Å². The van der Waals surface area contributed by atoms with Crippen molar-refractivity contribution < 1.29 is 13.9 Å². The van der Waals surface area contributed by atoms with Gasteiger partial charge in [0.1, 0.15) is 0 Å². The van der Waals surface area contributed by atoms with Crippen LogP contribution in [0.2, 0.25) is 0 Å². The van der Waals surface area contributed by atoms with Gasteiger partial charge >= 0.3 is 0 Å². The van der Waals surface area contributed by atoms with Gasteiger partial charge in [0.25, 0.3) is 0 Å². The van der Waals surface area contributed by atoms with Gasteiger partial charge in [0.05, 0.1) is 18.9 Å². The maximum absolute atomic E-state index is 5.08. The van der Waals surface area contributed by atoms with Crippen LogP contribution in [0.1, 0.15) is 166 Å². The Bertz CT molecular complexity index is 1670. The van der Waals surface area contributed by atoms with Crippen molar-refractivity contribution in [3.05, 3.63) is 157 Å². The van der Waals surface area contributed by atoms with Crippen LogP contribution in [0.15, 0.2) is 161 Å².